The third kappa shape index (κ3) is 2.26. The van der Waals surface area contributed by atoms with Gasteiger partial charge in [-0.2, -0.15) is 0 Å². The molecule has 2 aliphatic rings. The molecule has 0 saturated heterocycles. The van der Waals surface area contributed by atoms with Crippen LogP contribution < -0.4 is 10.2 Å². The van der Waals surface area contributed by atoms with Crippen molar-refractivity contribution in [3.05, 3.63) is 22.8 Å². The minimum absolute atomic E-state index is 0.649. The van der Waals surface area contributed by atoms with Gasteiger partial charge in [-0.1, -0.05) is 13.8 Å². The summed E-state index contributed by atoms with van der Waals surface area (Å²) in [5, 5.41) is 0.910. The predicted molar refractivity (Wildman–Crippen MR) is 89.0 cm³/mol. The Morgan fingerprint density at radius 2 is 1.86 bits per heavy atom. The molecule has 1 aromatic carbocycles. The number of nitrogens with zero attached hydrogens (tertiary/aromatic N) is 1. The van der Waals surface area contributed by atoms with Gasteiger partial charge in [-0.3, -0.25) is 4.79 Å². The summed E-state index contributed by atoms with van der Waals surface area (Å²) in [6.45, 7) is 6.18. The molecule has 0 atom stereocenters. The van der Waals surface area contributed by atoms with Gasteiger partial charge in [-0.25, -0.2) is 0 Å². The molecule has 4 heteroatoms. The van der Waals surface area contributed by atoms with E-state index in [1.807, 2.05) is 19.9 Å². The number of carbonyl (C=O) groups is 1. The summed E-state index contributed by atoms with van der Waals surface area (Å²) in [6.07, 6.45) is 6.50. The second-order valence-electron chi connectivity index (χ2n) is 6.13. The van der Waals surface area contributed by atoms with Gasteiger partial charge >= 0.3 is 0 Å². The van der Waals surface area contributed by atoms with Crippen LogP contribution >= 0.6 is 7.14 Å². The second kappa shape index (κ2) is 5.61. The highest BCUT2D eigenvalue weighted by atomic mass is 31.2. The standard InChI is InChI=1S/C17H24NO2P/c1-3-21(20,4-2)17-14(12-19)11-13-7-5-9-18-10-6-8-15(17)16(13)18/h11-12H,3-10H2,1-2H3. The maximum atomic E-state index is 13.4. The van der Waals surface area contributed by atoms with Crippen molar-refractivity contribution in [1.82, 2.24) is 0 Å². The molecule has 2 aliphatic heterocycles. The number of hydrogen-bond donors (Lipinski definition) is 0. The van der Waals surface area contributed by atoms with Crippen molar-refractivity contribution in [2.75, 3.05) is 30.3 Å². The Morgan fingerprint density at radius 3 is 2.48 bits per heavy atom. The van der Waals surface area contributed by atoms with Crippen molar-refractivity contribution in [1.29, 1.82) is 0 Å². The summed E-state index contributed by atoms with van der Waals surface area (Å²) >= 11 is 0. The minimum atomic E-state index is -2.44. The number of rotatable bonds is 4. The SMILES string of the molecule is CCP(=O)(CC)c1c(C=O)cc2c3c1CCCN3CCC2. The van der Waals surface area contributed by atoms with Gasteiger partial charge in [-0.15, -0.1) is 0 Å². The second-order valence-corrected chi connectivity index (χ2v) is 9.63. The van der Waals surface area contributed by atoms with Crippen molar-refractivity contribution in [2.45, 2.75) is 39.5 Å². The van der Waals surface area contributed by atoms with E-state index in [4.69, 9.17) is 0 Å². The molecule has 0 N–H and O–H groups in total. The fraction of sp³-hybridized carbons (Fsp3) is 0.588. The molecule has 0 bridgehead atoms. The van der Waals surface area contributed by atoms with Crippen LogP contribution in [0.5, 0.6) is 0 Å². The lowest BCUT2D eigenvalue weighted by Crippen LogP contribution is -2.38. The fourth-order valence-electron chi connectivity index (χ4n) is 3.98. The van der Waals surface area contributed by atoms with Gasteiger partial charge < -0.3 is 9.46 Å². The molecule has 0 spiro atoms. The lowest BCUT2D eigenvalue weighted by atomic mass is 9.90. The number of hydrogen-bond acceptors (Lipinski definition) is 3. The Morgan fingerprint density at radius 1 is 1.19 bits per heavy atom. The third-order valence-corrected chi connectivity index (χ3v) is 8.47. The van der Waals surface area contributed by atoms with E-state index in [0.717, 1.165) is 50.4 Å². The molecule has 21 heavy (non-hydrogen) atoms. The maximum Gasteiger partial charge on any atom is 0.150 e. The van der Waals surface area contributed by atoms with Crippen LogP contribution in [0, 0.1) is 0 Å². The highest BCUT2D eigenvalue weighted by Gasteiger charge is 2.33. The van der Waals surface area contributed by atoms with E-state index in [-0.39, 0.29) is 0 Å². The zero-order valence-corrected chi connectivity index (χ0v) is 13.9. The van der Waals surface area contributed by atoms with Gasteiger partial charge in [0.2, 0.25) is 0 Å². The highest BCUT2D eigenvalue weighted by molar-refractivity contribution is 7.71. The van der Waals surface area contributed by atoms with Gasteiger partial charge in [-0.05, 0) is 42.9 Å². The van der Waals surface area contributed by atoms with E-state index in [1.165, 1.54) is 16.8 Å². The first-order chi connectivity index (χ1) is 10.1. The van der Waals surface area contributed by atoms with E-state index in [0.29, 0.717) is 17.9 Å². The van der Waals surface area contributed by atoms with Crippen LogP contribution in [0.3, 0.4) is 0 Å². The van der Waals surface area contributed by atoms with E-state index in [9.17, 15) is 9.36 Å². The molecule has 0 aromatic heterocycles. The predicted octanol–water partition coefficient (Wildman–Crippen LogP) is 3.23. The molecule has 0 unspecified atom stereocenters. The van der Waals surface area contributed by atoms with Crippen molar-refractivity contribution in [2.24, 2.45) is 0 Å². The number of aryl methyl sites for hydroxylation is 1. The first-order valence-electron chi connectivity index (χ1n) is 8.12. The van der Waals surface area contributed by atoms with Crippen molar-refractivity contribution in [3.63, 3.8) is 0 Å². The third-order valence-electron chi connectivity index (χ3n) is 5.08. The zero-order valence-electron chi connectivity index (χ0n) is 13.0. The van der Waals surface area contributed by atoms with Crippen LogP contribution in [-0.2, 0) is 17.4 Å². The Bertz CT molecular complexity index is 614. The molecular formula is C17H24NO2P. The van der Waals surface area contributed by atoms with Crippen LogP contribution in [0.1, 0.15) is 48.2 Å². The monoisotopic (exact) mass is 305 g/mol. The van der Waals surface area contributed by atoms with Gasteiger partial charge in [0.25, 0.3) is 0 Å². The number of benzene rings is 1. The Kier molecular flexibility index (Phi) is 3.96. The van der Waals surface area contributed by atoms with Crippen LogP contribution in [0.15, 0.2) is 6.07 Å². The van der Waals surface area contributed by atoms with Crippen LogP contribution in [0.25, 0.3) is 0 Å². The van der Waals surface area contributed by atoms with Crippen molar-refractivity contribution < 1.29 is 9.36 Å². The van der Waals surface area contributed by atoms with Gasteiger partial charge in [0, 0.05) is 42.0 Å². The molecule has 0 amide bonds. The van der Waals surface area contributed by atoms with E-state index in [2.05, 4.69) is 4.90 Å². The highest BCUT2D eigenvalue weighted by Crippen LogP contribution is 2.49. The molecule has 0 saturated carbocycles. The van der Waals surface area contributed by atoms with E-state index >= 15 is 0 Å². The quantitative estimate of drug-likeness (QED) is 0.633. The summed E-state index contributed by atoms with van der Waals surface area (Å²) in [7, 11) is -2.44. The molecular weight excluding hydrogens is 281 g/mol. The summed E-state index contributed by atoms with van der Waals surface area (Å²) in [6, 6.07) is 2.02. The van der Waals surface area contributed by atoms with Gasteiger partial charge in [0.15, 0.2) is 6.29 Å². The first-order valence-corrected chi connectivity index (χ1v) is 10.2. The van der Waals surface area contributed by atoms with Crippen LogP contribution in [0.4, 0.5) is 5.69 Å². The summed E-state index contributed by atoms with van der Waals surface area (Å²) in [5.74, 6) is 0. The van der Waals surface area contributed by atoms with E-state index in [1.54, 1.807) is 0 Å². The maximum absolute atomic E-state index is 13.4. The number of anilines is 1. The summed E-state index contributed by atoms with van der Waals surface area (Å²) in [5.41, 5.74) is 4.53. The molecule has 1 aromatic rings. The zero-order chi connectivity index (χ0) is 15.0. The lowest BCUT2D eigenvalue weighted by Gasteiger charge is -2.39. The lowest BCUT2D eigenvalue weighted by molar-refractivity contribution is 0.112. The molecule has 3 rings (SSSR count). The summed E-state index contributed by atoms with van der Waals surface area (Å²) < 4.78 is 13.4. The Balaban J connectivity index is 2.31. The van der Waals surface area contributed by atoms with Crippen molar-refractivity contribution >= 4 is 24.4 Å². The van der Waals surface area contributed by atoms with E-state index < -0.39 is 7.14 Å². The smallest absolute Gasteiger partial charge is 0.150 e. The largest absolute Gasteiger partial charge is 0.371 e. The van der Waals surface area contributed by atoms with Crippen LogP contribution in [-0.4, -0.2) is 31.7 Å². The molecule has 114 valence electrons. The average molecular weight is 305 g/mol. The summed E-state index contributed by atoms with van der Waals surface area (Å²) in [4.78, 5) is 14.1. The molecule has 2 heterocycles. The normalized spacial score (nSPS) is 17.5. The van der Waals surface area contributed by atoms with Crippen molar-refractivity contribution in [3.8, 4) is 0 Å². The molecule has 0 aliphatic carbocycles. The Hall–Kier alpha value is -1.08. The number of aldehydes is 1. The topological polar surface area (TPSA) is 37.4 Å². The Labute approximate surface area is 127 Å². The molecule has 0 radical (unpaired) electrons. The number of carbonyl (C=O) groups excluding carboxylic acids is 1. The molecule has 3 nitrogen and oxygen atoms in total. The van der Waals surface area contributed by atoms with Gasteiger partial charge in [0.1, 0.15) is 7.14 Å². The average Bonchev–Trinajstić information content (AvgIpc) is 2.54. The van der Waals surface area contributed by atoms with Gasteiger partial charge in [0.05, 0.1) is 0 Å². The first kappa shape index (κ1) is 14.8. The molecule has 0 fully saturated rings. The van der Waals surface area contributed by atoms with Crippen LogP contribution in [0.2, 0.25) is 0 Å². The fourth-order valence-corrected chi connectivity index (χ4v) is 6.36. The minimum Gasteiger partial charge on any atom is -0.371 e.